The van der Waals surface area contributed by atoms with Gasteiger partial charge >= 0.3 is 17.9 Å². The lowest BCUT2D eigenvalue weighted by Crippen LogP contribution is -2.30. The van der Waals surface area contributed by atoms with Gasteiger partial charge in [0.05, 0.1) is 0 Å². The first-order valence-electron chi connectivity index (χ1n) is 30.5. The highest BCUT2D eigenvalue weighted by Crippen LogP contribution is 2.17. The van der Waals surface area contributed by atoms with Crippen LogP contribution < -0.4 is 0 Å². The number of carbonyl (C=O) groups is 3. The molecule has 0 amide bonds. The standard InChI is InChI=1S/C63H116O6/c1-4-7-10-13-16-19-22-24-26-28-29-30-31-32-33-34-35-36-38-39-41-44-47-50-53-56-62(65)68-59-60(58-67-61(64)55-52-49-46-43-21-18-15-12-9-6-3)69-63(66)57-54-51-48-45-42-40-37-27-25-23-20-17-14-11-8-5-2/h22,24,27-29,37,60H,4-21,23,25-26,30-36,38-59H2,1-3H3/b24-22-,29-28-,37-27-. The minimum absolute atomic E-state index is 0.0717. The predicted octanol–water partition coefficient (Wildman–Crippen LogP) is 20.4. The minimum Gasteiger partial charge on any atom is -0.462 e. The zero-order valence-corrected chi connectivity index (χ0v) is 46.3. The largest absolute Gasteiger partial charge is 0.462 e. The number of rotatable bonds is 56. The molecule has 0 spiro atoms. The fraction of sp³-hybridized carbons (Fsp3) is 0.857. The van der Waals surface area contributed by atoms with Crippen LogP contribution >= 0.6 is 0 Å². The number of esters is 3. The Morgan fingerprint density at radius 2 is 0.522 bits per heavy atom. The van der Waals surface area contributed by atoms with Gasteiger partial charge in [-0.2, -0.15) is 0 Å². The van der Waals surface area contributed by atoms with E-state index < -0.39 is 6.10 Å². The molecule has 0 aromatic heterocycles. The number of ether oxygens (including phenoxy) is 3. The SMILES string of the molecule is CCCCCCC/C=C\C/C=C\CCCCCCCCCCCCCCCC(=O)OCC(COC(=O)CCCCCCCCCCCC)OC(=O)CCCCCCC/C=C\CCCCCCCCC. The topological polar surface area (TPSA) is 78.9 Å². The third kappa shape index (κ3) is 56.4. The molecule has 0 aliphatic heterocycles. The third-order valence-electron chi connectivity index (χ3n) is 13.6. The van der Waals surface area contributed by atoms with Crippen LogP contribution in [-0.2, 0) is 28.6 Å². The number of allylic oxidation sites excluding steroid dienone is 6. The van der Waals surface area contributed by atoms with Crippen LogP contribution in [0.25, 0.3) is 0 Å². The van der Waals surface area contributed by atoms with Crippen LogP contribution in [0.3, 0.4) is 0 Å². The van der Waals surface area contributed by atoms with E-state index in [9.17, 15) is 14.4 Å². The van der Waals surface area contributed by atoms with Gasteiger partial charge in [0.15, 0.2) is 6.10 Å². The summed E-state index contributed by atoms with van der Waals surface area (Å²) < 4.78 is 16.9. The summed E-state index contributed by atoms with van der Waals surface area (Å²) in [5.74, 6) is -0.864. The molecule has 1 atom stereocenters. The van der Waals surface area contributed by atoms with Crippen molar-refractivity contribution in [3.05, 3.63) is 36.5 Å². The Balaban J connectivity index is 4.20. The molecule has 69 heavy (non-hydrogen) atoms. The molecular weight excluding hydrogens is 853 g/mol. The maximum absolute atomic E-state index is 12.8. The van der Waals surface area contributed by atoms with Crippen molar-refractivity contribution in [2.75, 3.05) is 13.2 Å². The highest BCUT2D eigenvalue weighted by Gasteiger charge is 2.19. The lowest BCUT2D eigenvalue weighted by molar-refractivity contribution is -0.167. The molecule has 0 N–H and O–H groups in total. The van der Waals surface area contributed by atoms with Gasteiger partial charge in [-0.05, 0) is 77.0 Å². The monoisotopic (exact) mass is 969 g/mol. The van der Waals surface area contributed by atoms with Gasteiger partial charge in [0, 0.05) is 19.3 Å². The Bertz CT molecular complexity index is 1160. The van der Waals surface area contributed by atoms with E-state index in [4.69, 9.17) is 14.2 Å². The van der Waals surface area contributed by atoms with Crippen molar-refractivity contribution in [3.8, 4) is 0 Å². The third-order valence-corrected chi connectivity index (χ3v) is 13.6. The van der Waals surface area contributed by atoms with Crippen LogP contribution in [-0.4, -0.2) is 37.2 Å². The number of unbranched alkanes of at least 4 members (excludes halogenated alkanes) is 39. The van der Waals surface area contributed by atoms with E-state index in [2.05, 4.69) is 57.2 Å². The molecule has 0 aromatic carbocycles. The van der Waals surface area contributed by atoms with E-state index in [0.717, 1.165) is 70.6 Å². The highest BCUT2D eigenvalue weighted by molar-refractivity contribution is 5.71. The van der Waals surface area contributed by atoms with Crippen LogP contribution in [0.4, 0.5) is 0 Å². The van der Waals surface area contributed by atoms with E-state index in [-0.39, 0.29) is 31.1 Å². The maximum atomic E-state index is 12.8. The van der Waals surface area contributed by atoms with Crippen molar-refractivity contribution in [3.63, 3.8) is 0 Å². The van der Waals surface area contributed by atoms with Gasteiger partial charge in [-0.3, -0.25) is 14.4 Å². The summed E-state index contributed by atoms with van der Waals surface area (Å²) in [5.41, 5.74) is 0. The molecule has 0 rings (SSSR count). The lowest BCUT2D eigenvalue weighted by atomic mass is 10.0. The molecule has 0 saturated carbocycles. The van der Waals surface area contributed by atoms with E-state index in [1.807, 2.05) is 0 Å². The van der Waals surface area contributed by atoms with Crippen molar-refractivity contribution >= 4 is 17.9 Å². The second kappa shape index (κ2) is 58.2. The van der Waals surface area contributed by atoms with Gasteiger partial charge in [0.25, 0.3) is 0 Å². The molecule has 0 radical (unpaired) electrons. The number of hydrogen-bond donors (Lipinski definition) is 0. The first-order valence-corrected chi connectivity index (χ1v) is 30.5. The van der Waals surface area contributed by atoms with Crippen LogP contribution in [0.5, 0.6) is 0 Å². The van der Waals surface area contributed by atoms with Gasteiger partial charge in [-0.15, -0.1) is 0 Å². The van der Waals surface area contributed by atoms with E-state index in [1.165, 1.54) is 218 Å². The van der Waals surface area contributed by atoms with Gasteiger partial charge < -0.3 is 14.2 Å². The summed E-state index contributed by atoms with van der Waals surface area (Å²) >= 11 is 0. The van der Waals surface area contributed by atoms with Crippen LogP contribution in [0.15, 0.2) is 36.5 Å². The Morgan fingerprint density at radius 3 is 0.812 bits per heavy atom. The van der Waals surface area contributed by atoms with Crippen LogP contribution in [0.2, 0.25) is 0 Å². The second-order valence-electron chi connectivity index (χ2n) is 20.6. The molecule has 0 saturated heterocycles. The molecule has 0 aliphatic rings. The van der Waals surface area contributed by atoms with Crippen molar-refractivity contribution in [1.82, 2.24) is 0 Å². The van der Waals surface area contributed by atoms with Crippen molar-refractivity contribution in [2.45, 2.75) is 335 Å². The van der Waals surface area contributed by atoms with E-state index in [0.29, 0.717) is 19.3 Å². The zero-order chi connectivity index (χ0) is 50.0. The summed E-state index contributed by atoms with van der Waals surface area (Å²) in [6.45, 7) is 6.65. The van der Waals surface area contributed by atoms with Gasteiger partial charge in [-0.1, -0.05) is 269 Å². The van der Waals surface area contributed by atoms with Crippen LogP contribution in [0.1, 0.15) is 329 Å². The predicted molar refractivity (Wildman–Crippen MR) is 298 cm³/mol. The number of hydrogen-bond acceptors (Lipinski definition) is 6. The Labute approximate surface area is 429 Å². The van der Waals surface area contributed by atoms with Crippen molar-refractivity contribution < 1.29 is 28.6 Å². The van der Waals surface area contributed by atoms with E-state index >= 15 is 0 Å². The van der Waals surface area contributed by atoms with Gasteiger partial charge in [0.1, 0.15) is 13.2 Å². The molecule has 404 valence electrons. The van der Waals surface area contributed by atoms with Crippen LogP contribution in [0, 0.1) is 0 Å². The van der Waals surface area contributed by atoms with Gasteiger partial charge in [-0.25, -0.2) is 0 Å². The quantitative estimate of drug-likeness (QED) is 0.0261. The summed E-state index contributed by atoms with van der Waals surface area (Å²) in [7, 11) is 0. The Kier molecular flexibility index (Phi) is 56.2. The molecule has 6 heteroatoms. The molecule has 0 fully saturated rings. The summed E-state index contributed by atoms with van der Waals surface area (Å²) in [6.07, 6.45) is 70.1. The Morgan fingerprint density at radius 1 is 0.290 bits per heavy atom. The van der Waals surface area contributed by atoms with Crippen molar-refractivity contribution in [2.24, 2.45) is 0 Å². The Hall–Kier alpha value is -2.37. The molecule has 0 aromatic rings. The summed E-state index contributed by atoms with van der Waals surface area (Å²) in [5, 5.41) is 0. The van der Waals surface area contributed by atoms with Crippen molar-refractivity contribution in [1.29, 1.82) is 0 Å². The first kappa shape index (κ1) is 66.6. The first-order chi connectivity index (χ1) is 34.0. The molecular formula is C63H116O6. The highest BCUT2D eigenvalue weighted by atomic mass is 16.6. The molecule has 0 heterocycles. The fourth-order valence-electron chi connectivity index (χ4n) is 9.00. The maximum Gasteiger partial charge on any atom is 0.306 e. The fourth-order valence-corrected chi connectivity index (χ4v) is 9.00. The zero-order valence-electron chi connectivity index (χ0n) is 46.3. The molecule has 0 aliphatic carbocycles. The number of carbonyl (C=O) groups excluding carboxylic acids is 3. The van der Waals surface area contributed by atoms with Gasteiger partial charge in [0.2, 0.25) is 0 Å². The lowest BCUT2D eigenvalue weighted by Gasteiger charge is -2.18. The molecule has 1 unspecified atom stereocenters. The summed E-state index contributed by atoms with van der Waals surface area (Å²) in [4.78, 5) is 38.1. The minimum atomic E-state index is -0.773. The second-order valence-corrected chi connectivity index (χ2v) is 20.6. The smallest absolute Gasteiger partial charge is 0.306 e. The molecule has 6 nitrogen and oxygen atoms in total. The summed E-state index contributed by atoms with van der Waals surface area (Å²) in [6, 6.07) is 0. The normalized spacial score (nSPS) is 12.2. The average molecular weight is 970 g/mol. The van der Waals surface area contributed by atoms with E-state index in [1.54, 1.807) is 0 Å². The molecule has 0 bridgehead atoms. The average Bonchev–Trinajstić information content (AvgIpc) is 3.35.